The number of H-pyrrole nitrogens is 1. The van der Waals surface area contributed by atoms with E-state index in [0.717, 1.165) is 39.2 Å². The SMILES string of the molecule is C=CC1=C(C)C(O)=NC1=Cc1[nH]c(CC2N=C(C=C3N=C(O)C(C=C)=C3C)C(C)=C2CCC(=O)O)c(CCC(=O)O)c1C.O=S(=O)(O)O. The van der Waals surface area contributed by atoms with Crippen molar-refractivity contribution >= 4 is 45.9 Å². The summed E-state index contributed by atoms with van der Waals surface area (Å²) in [6.45, 7) is 15.0. The molecule has 0 bridgehead atoms. The molecular weight excluding hydrogens is 644 g/mol. The molecule has 1 unspecified atom stereocenters. The summed E-state index contributed by atoms with van der Waals surface area (Å²) in [6.07, 6.45) is 7.61. The fourth-order valence-electron chi connectivity index (χ4n) is 5.62. The first-order valence-corrected chi connectivity index (χ1v) is 16.0. The average Bonchev–Trinajstić information content (AvgIpc) is 3.62. The molecular formula is C33H38N4O10S. The number of aromatic amines is 1. The minimum Gasteiger partial charge on any atom is -0.493 e. The highest BCUT2D eigenvalue weighted by molar-refractivity contribution is 7.79. The number of rotatable bonds is 12. The van der Waals surface area contributed by atoms with E-state index in [4.69, 9.17) is 22.5 Å². The van der Waals surface area contributed by atoms with Crippen molar-refractivity contribution in [3.63, 3.8) is 0 Å². The van der Waals surface area contributed by atoms with Crippen LogP contribution in [0.1, 0.15) is 62.5 Å². The molecule has 256 valence electrons. The van der Waals surface area contributed by atoms with Crippen LogP contribution in [0.25, 0.3) is 6.08 Å². The lowest BCUT2D eigenvalue weighted by Gasteiger charge is -2.14. The molecule has 4 heterocycles. The summed E-state index contributed by atoms with van der Waals surface area (Å²) in [7, 11) is -4.67. The van der Waals surface area contributed by atoms with E-state index >= 15 is 0 Å². The van der Waals surface area contributed by atoms with Gasteiger partial charge in [0.1, 0.15) is 0 Å². The predicted molar refractivity (Wildman–Crippen MR) is 182 cm³/mol. The molecule has 0 spiro atoms. The van der Waals surface area contributed by atoms with Gasteiger partial charge in [0.2, 0.25) is 11.8 Å². The first-order valence-electron chi connectivity index (χ1n) is 14.6. The van der Waals surface area contributed by atoms with Crippen LogP contribution in [0.5, 0.6) is 0 Å². The van der Waals surface area contributed by atoms with E-state index in [1.54, 1.807) is 25.2 Å². The fraction of sp³-hybridized carbons (Fsp3) is 0.303. The quantitative estimate of drug-likeness (QED) is 0.138. The molecule has 4 rings (SSSR count). The molecule has 1 aromatic rings. The smallest absolute Gasteiger partial charge is 0.394 e. The Kier molecular flexibility index (Phi) is 11.8. The van der Waals surface area contributed by atoms with Gasteiger partial charge < -0.3 is 25.4 Å². The summed E-state index contributed by atoms with van der Waals surface area (Å²) < 4.78 is 31.6. The summed E-state index contributed by atoms with van der Waals surface area (Å²) >= 11 is 0. The van der Waals surface area contributed by atoms with Crippen molar-refractivity contribution in [2.75, 3.05) is 0 Å². The van der Waals surface area contributed by atoms with Crippen molar-refractivity contribution in [3.05, 3.63) is 98.7 Å². The summed E-state index contributed by atoms with van der Waals surface area (Å²) in [5, 5.41) is 39.2. The van der Waals surface area contributed by atoms with Gasteiger partial charge in [0, 0.05) is 47.4 Å². The molecule has 15 heteroatoms. The molecule has 1 atom stereocenters. The van der Waals surface area contributed by atoms with Crippen molar-refractivity contribution in [1.29, 1.82) is 0 Å². The summed E-state index contributed by atoms with van der Waals surface area (Å²) in [5.41, 5.74) is 9.31. The van der Waals surface area contributed by atoms with Gasteiger partial charge in [-0.05, 0) is 80.5 Å². The fourth-order valence-corrected chi connectivity index (χ4v) is 5.62. The van der Waals surface area contributed by atoms with E-state index in [2.05, 4.69) is 28.1 Å². The van der Waals surface area contributed by atoms with Crippen molar-refractivity contribution in [3.8, 4) is 0 Å². The van der Waals surface area contributed by atoms with Gasteiger partial charge in [0.15, 0.2) is 0 Å². The molecule has 7 N–H and O–H groups in total. The van der Waals surface area contributed by atoms with Crippen LogP contribution >= 0.6 is 0 Å². The third-order valence-corrected chi connectivity index (χ3v) is 8.12. The van der Waals surface area contributed by atoms with E-state index in [9.17, 15) is 30.0 Å². The van der Waals surface area contributed by atoms with Crippen LogP contribution in [0.4, 0.5) is 0 Å². The number of hydrogen-bond donors (Lipinski definition) is 7. The highest BCUT2D eigenvalue weighted by Crippen LogP contribution is 2.34. The topological polar surface area (TPSA) is 243 Å². The minimum absolute atomic E-state index is 0.0640. The second kappa shape index (κ2) is 15.2. The zero-order chi connectivity index (χ0) is 36.1. The number of nitrogens with zero attached hydrogens (tertiary/aromatic N) is 3. The highest BCUT2D eigenvalue weighted by atomic mass is 32.3. The lowest BCUT2D eigenvalue weighted by molar-refractivity contribution is -0.138. The number of aliphatic hydroxyl groups excluding tert-OH is 2. The van der Waals surface area contributed by atoms with Gasteiger partial charge in [-0.25, -0.2) is 9.98 Å². The number of aliphatic hydroxyl groups is 2. The van der Waals surface area contributed by atoms with Gasteiger partial charge in [0.05, 0.1) is 23.1 Å². The van der Waals surface area contributed by atoms with E-state index in [-0.39, 0.29) is 31.1 Å². The van der Waals surface area contributed by atoms with Crippen LogP contribution in [0, 0.1) is 6.92 Å². The van der Waals surface area contributed by atoms with Gasteiger partial charge in [-0.1, -0.05) is 25.3 Å². The summed E-state index contributed by atoms with van der Waals surface area (Å²) in [6, 6.07) is -0.394. The zero-order valence-corrected chi connectivity index (χ0v) is 27.7. The van der Waals surface area contributed by atoms with Crippen molar-refractivity contribution < 1.29 is 47.5 Å². The maximum Gasteiger partial charge on any atom is 0.394 e. The lowest BCUT2D eigenvalue weighted by atomic mass is 9.93. The Hall–Kier alpha value is -5.12. The van der Waals surface area contributed by atoms with Crippen molar-refractivity contribution in [2.24, 2.45) is 15.0 Å². The Balaban J connectivity index is 0.00000116. The number of carboxylic acids is 2. The first kappa shape index (κ1) is 37.3. The molecule has 1 aromatic heterocycles. The maximum absolute atomic E-state index is 11.5. The Morgan fingerprint density at radius 3 is 1.94 bits per heavy atom. The third-order valence-electron chi connectivity index (χ3n) is 8.12. The van der Waals surface area contributed by atoms with Gasteiger partial charge in [-0.15, -0.1) is 0 Å². The maximum atomic E-state index is 11.5. The van der Waals surface area contributed by atoms with Gasteiger partial charge in [-0.3, -0.25) is 23.7 Å². The van der Waals surface area contributed by atoms with Crippen molar-refractivity contribution in [2.45, 2.75) is 65.8 Å². The standard InChI is InChI=1S/C33H36N4O6.H2O4S/c1-7-20-19(6)32(42)37-27(20)14-25-18(5)23(10-12-31(40)41)29(35-25)15-28-22(9-11-30(38)39)17(4)24(34-28)13-26-16(3)21(8-2)33(43)36-26;1-5(2,3)4/h7-8,13-14,28,35H,1-2,9-12,15H2,3-6H3,(H,36,43)(H,37,42)(H,38,39)(H,40,41);(H2,1,2,3,4). The minimum atomic E-state index is -4.67. The van der Waals surface area contributed by atoms with Crippen LogP contribution in [0.3, 0.4) is 0 Å². The Labute approximate surface area is 277 Å². The molecule has 0 amide bonds. The molecule has 3 aliphatic rings. The average molecular weight is 683 g/mol. The van der Waals surface area contributed by atoms with Crippen LogP contribution < -0.4 is 0 Å². The van der Waals surface area contributed by atoms with E-state index in [1.165, 1.54) is 0 Å². The molecule has 0 saturated carbocycles. The Morgan fingerprint density at radius 2 is 1.40 bits per heavy atom. The normalized spacial score (nSPS) is 19.5. The number of nitrogens with one attached hydrogen (secondary N) is 1. The van der Waals surface area contributed by atoms with Crippen molar-refractivity contribution in [1.82, 2.24) is 4.98 Å². The third kappa shape index (κ3) is 9.02. The predicted octanol–water partition coefficient (Wildman–Crippen LogP) is 5.40. The molecule has 0 aliphatic carbocycles. The van der Waals surface area contributed by atoms with E-state index in [0.29, 0.717) is 46.7 Å². The number of aromatic nitrogens is 1. The second-order valence-electron chi connectivity index (χ2n) is 11.2. The van der Waals surface area contributed by atoms with E-state index < -0.39 is 28.4 Å². The lowest BCUT2D eigenvalue weighted by Crippen LogP contribution is -2.13. The molecule has 14 nitrogen and oxygen atoms in total. The van der Waals surface area contributed by atoms with Crippen LogP contribution in [0.15, 0.2) is 91.2 Å². The largest absolute Gasteiger partial charge is 0.493 e. The molecule has 0 fully saturated rings. The Bertz CT molecular complexity index is 1920. The Morgan fingerprint density at radius 1 is 0.833 bits per heavy atom. The number of aliphatic carboxylic acids is 2. The molecule has 0 aromatic carbocycles. The van der Waals surface area contributed by atoms with Crippen LogP contribution in [0.2, 0.25) is 0 Å². The monoisotopic (exact) mass is 682 g/mol. The molecule has 0 saturated heterocycles. The van der Waals surface area contributed by atoms with Crippen LogP contribution in [-0.4, -0.2) is 78.4 Å². The number of carboxylic acid groups (broad SMARTS) is 2. The second-order valence-corrected chi connectivity index (χ2v) is 12.1. The first-order chi connectivity index (χ1) is 22.4. The van der Waals surface area contributed by atoms with Gasteiger partial charge >= 0.3 is 22.3 Å². The van der Waals surface area contributed by atoms with Crippen LogP contribution in [-0.2, 0) is 32.8 Å². The van der Waals surface area contributed by atoms with Gasteiger partial charge in [-0.2, -0.15) is 8.42 Å². The number of hydrogen-bond acceptors (Lipinski definition) is 7. The summed E-state index contributed by atoms with van der Waals surface area (Å²) in [4.78, 5) is 39.9. The molecule has 3 aliphatic heterocycles. The number of carbonyl (C=O) groups is 2. The number of allylic oxidation sites excluding steroid dienone is 4. The van der Waals surface area contributed by atoms with Gasteiger partial charge in [0.25, 0.3) is 0 Å². The molecule has 48 heavy (non-hydrogen) atoms. The zero-order valence-electron chi connectivity index (χ0n) is 26.9. The van der Waals surface area contributed by atoms with E-state index in [1.807, 2.05) is 26.8 Å². The number of aliphatic imine (C=N–C) groups is 3. The highest BCUT2D eigenvalue weighted by Gasteiger charge is 2.29. The molecule has 0 radical (unpaired) electrons. The summed E-state index contributed by atoms with van der Waals surface area (Å²) in [5.74, 6) is -2.03.